The molecule has 88 valence electrons. The number of carbonyl (C=O) groups is 1. The van der Waals surface area contributed by atoms with Gasteiger partial charge in [0.25, 0.3) is 0 Å². The van der Waals surface area contributed by atoms with Crippen molar-refractivity contribution in [2.24, 2.45) is 5.92 Å². The van der Waals surface area contributed by atoms with Crippen molar-refractivity contribution in [2.75, 3.05) is 0 Å². The Bertz CT molecular complexity index is 361. The minimum Gasteiger partial charge on any atom is -0.293 e. The molecule has 0 unspecified atom stereocenters. The van der Waals surface area contributed by atoms with E-state index in [0.717, 1.165) is 22.2 Å². The van der Waals surface area contributed by atoms with Gasteiger partial charge in [0.15, 0.2) is 5.78 Å². The van der Waals surface area contributed by atoms with E-state index in [9.17, 15) is 4.79 Å². The molecule has 0 atom stereocenters. The third-order valence-electron chi connectivity index (χ3n) is 3.11. The lowest BCUT2D eigenvalue weighted by molar-refractivity contribution is 0.0912. The fourth-order valence-electron chi connectivity index (χ4n) is 2.21. The fourth-order valence-corrected chi connectivity index (χ4v) is 3.93. The maximum atomic E-state index is 12.2. The average molecular weight is 322 g/mol. The summed E-state index contributed by atoms with van der Waals surface area (Å²) in [6.07, 6.45) is 7.03. The molecule has 0 N–H and O–H groups in total. The fraction of sp³-hybridized carbons (Fsp3) is 0.583. The molecule has 0 bridgehead atoms. The van der Waals surface area contributed by atoms with E-state index in [1.807, 2.05) is 6.07 Å². The van der Waals surface area contributed by atoms with E-state index in [1.54, 1.807) is 0 Å². The van der Waals surface area contributed by atoms with Gasteiger partial charge in [-0.05, 0) is 34.8 Å². The van der Waals surface area contributed by atoms with Gasteiger partial charge in [0.2, 0.25) is 0 Å². The van der Waals surface area contributed by atoms with E-state index in [2.05, 4.69) is 15.9 Å². The molecule has 0 radical (unpaired) electrons. The van der Waals surface area contributed by atoms with Gasteiger partial charge < -0.3 is 0 Å². The van der Waals surface area contributed by atoms with Crippen LogP contribution >= 0.6 is 38.9 Å². The van der Waals surface area contributed by atoms with Crippen LogP contribution in [0.2, 0.25) is 4.34 Å². The van der Waals surface area contributed by atoms with Crippen LogP contribution in [0.15, 0.2) is 10.5 Å². The van der Waals surface area contributed by atoms with E-state index in [0.29, 0.717) is 10.1 Å². The molecule has 1 aromatic rings. The van der Waals surface area contributed by atoms with Gasteiger partial charge >= 0.3 is 0 Å². The second-order valence-corrected chi connectivity index (χ2v) is 6.79. The number of carbonyl (C=O) groups excluding carboxylic acids is 1. The minimum absolute atomic E-state index is 0.226. The predicted molar refractivity (Wildman–Crippen MR) is 72.6 cm³/mol. The SMILES string of the molecule is O=C(c1cc(Br)c(Cl)s1)C1CCCCCC1. The molecule has 0 spiro atoms. The predicted octanol–water partition coefficient (Wildman–Crippen LogP) is 5.32. The summed E-state index contributed by atoms with van der Waals surface area (Å²) in [5.41, 5.74) is 0. The third-order valence-corrected chi connectivity index (χ3v) is 5.60. The van der Waals surface area contributed by atoms with E-state index >= 15 is 0 Å². The van der Waals surface area contributed by atoms with Crippen molar-refractivity contribution in [3.8, 4) is 0 Å². The molecule has 4 heteroatoms. The summed E-state index contributed by atoms with van der Waals surface area (Å²) in [6.45, 7) is 0. The molecule has 0 saturated heterocycles. The summed E-state index contributed by atoms with van der Waals surface area (Å²) in [6, 6.07) is 1.86. The van der Waals surface area contributed by atoms with Crippen molar-refractivity contribution in [1.29, 1.82) is 0 Å². The van der Waals surface area contributed by atoms with Crippen LogP contribution in [0.1, 0.15) is 48.2 Å². The average Bonchev–Trinajstić information content (AvgIpc) is 2.51. The van der Waals surface area contributed by atoms with E-state index in [-0.39, 0.29) is 5.92 Å². The summed E-state index contributed by atoms with van der Waals surface area (Å²) >= 11 is 10.7. The number of halogens is 2. The number of rotatable bonds is 2. The topological polar surface area (TPSA) is 17.1 Å². The Morgan fingerprint density at radius 2 is 1.94 bits per heavy atom. The van der Waals surface area contributed by atoms with E-state index in [4.69, 9.17) is 11.6 Å². The monoisotopic (exact) mass is 320 g/mol. The Hall–Kier alpha value is 0.140. The first kappa shape index (κ1) is 12.6. The van der Waals surface area contributed by atoms with Crippen LogP contribution in [0.5, 0.6) is 0 Å². The van der Waals surface area contributed by atoms with Crippen molar-refractivity contribution in [1.82, 2.24) is 0 Å². The summed E-state index contributed by atoms with van der Waals surface area (Å²) in [5, 5.41) is 0. The quantitative estimate of drug-likeness (QED) is 0.532. The second kappa shape index (κ2) is 5.65. The van der Waals surface area contributed by atoms with Crippen LogP contribution in [0.25, 0.3) is 0 Å². The van der Waals surface area contributed by atoms with Gasteiger partial charge in [-0.1, -0.05) is 37.3 Å². The molecule has 2 rings (SSSR count). The molecule has 0 aliphatic heterocycles. The normalized spacial score (nSPS) is 18.4. The van der Waals surface area contributed by atoms with Crippen LogP contribution in [0, 0.1) is 5.92 Å². The second-order valence-electron chi connectivity index (χ2n) is 4.29. The van der Waals surface area contributed by atoms with Crippen LogP contribution in [0.4, 0.5) is 0 Å². The van der Waals surface area contributed by atoms with Gasteiger partial charge in [-0.3, -0.25) is 4.79 Å². The van der Waals surface area contributed by atoms with Crippen LogP contribution in [-0.2, 0) is 0 Å². The number of thiophene rings is 1. The Morgan fingerprint density at radius 1 is 1.31 bits per heavy atom. The van der Waals surface area contributed by atoms with Crippen LogP contribution in [-0.4, -0.2) is 5.78 Å². The molecular weight excluding hydrogens is 308 g/mol. The molecule has 0 amide bonds. The molecule has 1 aromatic heterocycles. The lowest BCUT2D eigenvalue weighted by Crippen LogP contribution is -2.12. The number of ketones is 1. The molecule has 1 fully saturated rings. The highest BCUT2D eigenvalue weighted by Crippen LogP contribution is 2.35. The van der Waals surface area contributed by atoms with Crippen molar-refractivity contribution in [3.63, 3.8) is 0 Å². The molecule has 1 aliphatic carbocycles. The van der Waals surface area contributed by atoms with Crippen molar-refractivity contribution >= 4 is 44.7 Å². The smallest absolute Gasteiger partial charge is 0.175 e. The Labute approximate surface area is 113 Å². The Balaban J connectivity index is 2.11. The minimum atomic E-state index is 0.226. The molecular formula is C12H14BrClOS. The zero-order valence-electron chi connectivity index (χ0n) is 8.97. The molecule has 0 aromatic carbocycles. The summed E-state index contributed by atoms with van der Waals surface area (Å²) in [7, 11) is 0. The molecule has 1 aliphatic rings. The van der Waals surface area contributed by atoms with Crippen LogP contribution < -0.4 is 0 Å². The standard InChI is InChI=1S/C12H14BrClOS/c13-9-7-10(16-12(9)14)11(15)8-5-3-1-2-4-6-8/h7-8H,1-6H2. The first-order valence-electron chi connectivity index (χ1n) is 5.67. The van der Waals surface area contributed by atoms with Gasteiger partial charge in [0.1, 0.15) is 4.34 Å². The lowest BCUT2D eigenvalue weighted by atomic mass is 9.95. The van der Waals surface area contributed by atoms with Crippen molar-refractivity contribution < 1.29 is 4.79 Å². The highest BCUT2D eigenvalue weighted by Gasteiger charge is 2.23. The molecule has 1 nitrogen and oxygen atoms in total. The number of hydrogen-bond acceptors (Lipinski definition) is 2. The number of hydrogen-bond donors (Lipinski definition) is 0. The first-order valence-corrected chi connectivity index (χ1v) is 7.66. The molecule has 1 heterocycles. The van der Waals surface area contributed by atoms with E-state index < -0.39 is 0 Å². The van der Waals surface area contributed by atoms with Gasteiger partial charge in [-0.25, -0.2) is 0 Å². The maximum absolute atomic E-state index is 12.2. The van der Waals surface area contributed by atoms with Crippen molar-refractivity contribution in [2.45, 2.75) is 38.5 Å². The lowest BCUT2D eigenvalue weighted by Gasteiger charge is -2.10. The van der Waals surface area contributed by atoms with E-state index in [1.165, 1.54) is 37.0 Å². The van der Waals surface area contributed by atoms with Gasteiger partial charge in [-0.15, -0.1) is 11.3 Å². The van der Waals surface area contributed by atoms with Gasteiger partial charge in [0.05, 0.1) is 4.88 Å². The van der Waals surface area contributed by atoms with Crippen LogP contribution in [0.3, 0.4) is 0 Å². The van der Waals surface area contributed by atoms with Gasteiger partial charge in [0, 0.05) is 10.4 Å². The Morgan fingerprint density at radius 3 is 2.44 bits per heavy atom. The third kappa shape index (κ3) is 2.88. The number of Topliss-reactive ketones (excluding diaryl/α,β-unsaturated/α-hetero) is 1. The largest absolute Gasteiger partial charge is 0.293 e. The van der Waals surface area contributed by atoms with Crippen molar-refractivity contribution in [3.05, 3.63) is 19.8 Å². The highest BCUT2D eigenvalue weighted by atomic mass is 79.9. The summed E-state index contributed by atoms with van der Waals surface area (Å²) in [4.78, 5) is 13.1. The first-order chi connectivity index (χ1) is 7.68. The summed E-state index contributed by atoms with van der Waals surface area (Å²) in [5.74, 6) is 0.517. The maximum Gasteiger partial charge on any atom is 0.175 e. The molecule has 16 heavy (non-hydrogen) atoms. The van der Waals surface area contributed by atoms with Gasteiger partial charge in [-0.2, -0.15) is 0 Å². The highest BCUT2D eigenvalue weighted by molar-refractivity contribution is 9.10. The Kier molecular flexibility index (Phi) is 4.45. The molecule has 1 saturated carbocycles. The zero-order valence-corrected chi connectivity index (χ0v) is 12.1. The zero-order chi connectivity index (χ0) is 11.5. The summed E-state index contributed by atoms with van der Waals surface area (Å²) < 4.78 is 1.52.